The average Bonchev–Trinajstić information content (AvgIpc) is 3.12. The Morgan fingerprint density at radius 3 is 1.11 bits per heavy atom. The summed E-state index contributed by atoms with van der Waals surface area (Å²) in [5.74, 6) is 0. The molecule has 214 valence electrons. The third kappa shape index (κ3) is 3.73. The maximum Gasteiger partial charge on any atom is 0.131 e. The molecule has 1 nitrogen and oxygen atoms in total. The van der Waals surface area contributed by atoms with Crippen molar-refractivity contribution in [3.8, 4) is 22.3 Å². The van der Waals surface area contributed by atoms with Gasteiger partial charge in [0, 0.05) is 10.6 Å². The smallest absolute Gasteiger partial charge is 0.131 e. The minimum Gasteiger partial charge on any atom is -0.317 e. The highest BCUT2D eigenvalue weighted by atomic mass is 31.1. The van der Waals surface area contributed by atoms with Crippen molar-refractivity contribution in [2.75, 3.05) is 0 Å². The summed E-state index contributed by atoms with van der Waals surface area (Å²) in [5, 5.41) is 17.0. The lowest BCUT2D eigenvalue weighted by molar-refractivity contribution is 0.598. The van der Waals surface area contributed by atoms with Gasteiger partial charge >= 0.3 is 0 Å². The molecule has 0 N–H and O–H groups in total. The van der Waals surface area contributed by atoms with Gasteiger partial charge in [-0.25, -0.2) is 0 Å². The minimum absolute atomic E-state index is 0.876. The van der Waals surface area contributed by atoms with E-state index in [0.29, 0.717) is 0 Å². The van der Waals surface area contributed by atoms with Crippen LogP contribution in [0.3, 0.4) is 0 Å². The van der Waals surface area contributed by atoms with Crippen molar-refractivity contribution in [3.63, 3.8) is 0 Å². The normalized spacial score (nSPS) is 12.2. The van der Waals surface area contributed by atoms with Gasteiger partial charge in [0.05, 0.1) is 0 Å². The van der Waals surface area contributed by atoms with E-state index in [0.717, 1.165) is 21.7 Å². The molecule has 0 aliphatic rings. The highest BCUT2D eigenvalue weighted by Crippen LogP contribution is 2.41. The molecule has 0 aliphatic heterocycles. The predicted molar refractivity (Wildman–Crippen MR) is 199 cm³/mol. The van der Waals surface area contributed by atoms with Gasteiger partial charge in [-0.2, -0.15) is 0 Å². The van der Waals surface area contributed by atoms with Gasteiger partial charge in [-0.1, -0.05) is 146 Å². The van der Waals surface area contributed by atoms with Crippen molar-refractivity contribution < 1.29 is 4.57 Å². The summed E-state index contributed by atoms with van der Waals surface area (Å²) in [6.45, 7) is 0. The van der Waals surface area contributed by atoms with Crippen LogP contribution < -0.4 is 10.6 Å². The van der Waals surface area contributed by atoms with Crippen LogP contribution >= 0.6 is 7.80 Å². The van der Waals surface area contributed by atoms with Gasteiger partial charge in [-0.3, -0.25) is 0 Å². The maximum absolute atomic E-state index is 14.3. The Labute approximate surface area is 266 Å². The van der Waals surface area contributed by atoms with Crippen LogP contribution in [0.15, 0.2) is 158 Å². The molecule has 0 saturated carbocycles. The van der Waals surface area contributed by atoms with Crippen molar-refractivity contribution >= 4 is 83.0 Å². The Balaban J connectivity index is 1.08. The summed E-state index contributed by atoms with van der Waals surface area (Å²) in [4.78, 5) is 0. The van der Waals surface area contributed by atoms with Gasteiger partial charge < -0.3 is 4.57 Å². The van der Waals surface area contributed by atoms with Crippen LogP contribution in [-0.4, -0.2) is 0 Å². The first kappa shape index (κ1) is 25.8. The van der Waals surface area contributed by atoms with Gasteiger partial charge in [0.15, 0.2) is 0 Å². The fourth-order valence-corrected chi connectivity index (χ4v) is 9.20. The second-order valence-electron chi connectivity index (χ2n) is 12.4. The standard InChI is InChI=1S/C44H27OP/c45-46(35-11-3-9-33(25-35)37-21-17-31-15-13-27-5-1-7-29-19-23-39(37)43(31)41(27)29)36-12-4-10-34(26-36)38-22-18-32-16-14-28-6-2-8-30-20-24-40(38)44(32)42(28)30/h1-26,46H. The molecule has 0 fully saturated rings. The maximum atomic E-state index is 14.3. The molecule has 2 heteroatoms. The lowest BCUT2D eigenvalue weighted by atomic mass is 9.90. The Kier molecular flexibility index (Phi) is 5.47. The molecule has 0 aliphatic carbocycles. The molecular formula is C44H27OP. The summed E-state index contributed by atoms with van der Waals surface area (Å²) in [6, 6.07) is 56.4. The van der Waals surface area contributed by atoms with Gasteiger partial charge in [0.25, 0.3) is 0 Å². The molecule has 0 unspecified atom stereocenters. The Morgan fingerprint density at radius 2 is 0.674 bits per heavy atom. The van der Waals surface area contributed by atoms with Gasteiger partial charge in [-0.05, 0) is 99.0 Å². The molecule has 0 heterocycles. The second kappa shape index (κ2) is 9.75. The second-order valence-corrected chi connectivity index (χ2v) is 14.2. The number of rotatable bonds is 4. The Morgan fingerprint density at radius 1 is 0.326 bits per heavy atom. The molecular weight excluding hydrogens is 575 g/mol. The topological polar surface area (TPSA) is 17.1 Å². The summed E-state index contributed by atoms with van der Waals surface area (Å²) < 4.78 is 14.3. The number of hydrogen-bond donors (Lipinski definition) is 0. The zero-order valence-corrected chi connectivity index (χ0v) is 25.9. The highest BCUT2D eigenvalue weighted by Gasteiger charge is 2.16. The summed E-state index contributed by atoms with van der Waals surface area (Å²) in [7, 11) is -2.26. The van der Waals surface area contributed by atoms with Crippen LogP contribution in [0, 0.1) is 0 Å². The first-order valence-electron chi connectivity index (χ1n) is 15.8. The average molecular weight is 603 g/mol. The first-order chi connectivity index (χ1) is 22.7. The van der Waals surface area contributed by atoms with E-state index in [1.807, 2.05) is 12.1 Å². The highest BCUT2D eigenvalue weighted by molar-refractivity contribution is 7.61. The van der Waals surface area contributed by atoms with Gasteiger partial charge in [0.2, 0.25) is 0 Å². The first-order valence-corrected chi connectivity index (χ1v) is 17.2. The van der Waals surface area contributed by atoms with Crippen molar-refractivity contribution in [1.29, 1.82) is 0 Å². The Hall–Kier alpha value is -5.49. The van der Waals surface area contributed by atoms with E-state index in [9.17, 15) is 4.57 Å². The van der Waals surface area contributed by atoms with E-state index in [4.69, 9.17) is 0 Å². The van der Waals surface area contributed by atoms with E-state index in [1.54, 1.807) is 0 Å². The largest absolute Gasteiger partial charge is 0.317 e. The van der Waals surface area contributed by atoms with Crippen molar-refractivity contribution in [3.05, 3.63) is 158 Å². The van der Waals surface area contributed by atoms with Crippen molar-refractivity contribution in [2.24, 2.45) is 0 Å². The predicted octanol–water partition coefficient (Wildman–Crippen LogP) is 11.3. The van der Waals surface area contributed by atoms with Crippen LogP contribution in [0.4, 0.5) is 0 Å². The third-order valence-corrected chi connectivity index (χ3v) is 11.6. The Bertz CT molecular complexity index is 2600. The summed E-state index contributed by atoms with van der Waals surface area (Å²) >= 11 is 0. The van der Waals surface area contributed by atoms with Crippen LogP contribution in [-0.2, 0) is 4.57 Å². The van der Waals surface area contributed by atoms with Crippen LogP contribution in [0.25, 0.3) is 86.9 Å². The van der Waals surface area contributed by atoms with Gasteiger partial charge in [0.1, 0.15) is 7.80 Å². The fourth-order valence-electron chi connectivity index (χ4n) is 7.80. The molecule has 10 aromatic carbocycles. The molecule has 10 rings (SSSR count). The molecule has 0 atom stereocenters. The van der Waals surface area contributed by atoms with Crippen LogP contribution in [0.5, 0.6) is 0 Å². The van der Waals surface area contributed by atoms with E-state index in [-0.39, 0.29) is 0 Å². The molecule has 0 aromatic heterocycles. The van der Waals surface area contributed by atoms with E-state index >= 15 is 0 Å². The van der Waals surface area contributed by atoms with Crippen molar-refractivity contribution in [1.82, 2.24) is 0 Å². The number of hydrogen-bond acceptors (Lipinski definition) is 1. The van der Waals surface area contributed by atoms with Gasteiger partial charge in [-0.15, -0.1) is 0 Å². The lowest BCUT2D eigenvalue weighted by Gasteiger charge is -2.15. The van der Waals surface area contributed by atoms with E-state index < -0.39 is 7.80 Å². The minimum atomic E-state index is -2.26. The molecule has 46 heavy (non-hydrogen) atoms. The third-order valence-electron chi connectivity index (χ3n) is 9.93. The molecule has 0 spiro atoms. The SMILES string of the molecule is O=[PH](c1cccc(-c2ccc3ccc4cccc5ccc2c3c45)c1)c1cccc(-c2ccc3ccc4cccc5ccc2c3c45)c1. The molecule has 10 aromatic rings. The summed E-state index contributed by atoms with van der Waals surface area (Å²) in [5.41, 5.74) is 4.53. The fraction of sp³-hybridized carbons (Fsp3) is 0. The molecule has 0 radical (unpaired) electrons. The molecule has 0 saturated heterocycles. The monoisotopic (exact) mass is 602 g/mol. The molecule has 0 amide bonds. The van der Waals surface area contributed by atoms with Crippen molar-refractivity contribution in [2.45, 2.75) is 0 Å². The quantitative estimate of drug-likeness (QED) is 0.145. The van der Waals surface area contributed by atoms with E-state index in [1.165, 1.54) is 75.8 Å². The zero-order valence-electron chi connectivity index (χ0n) is 24.9. The lowest BCUT2D eigenvalue weighted by Crippen LogP contribution is -2.07. The van der Waals surface area contributed by atoms with E-state index in [2.05, 4.69) is 146 Å². The zero-order chi connectivity index (χ0) is 30.4. The number of benzene rings is 10. The summed E-state index contributed by atoms with van der Waals surface area (Å²) in [6.07, 6.45) is 0. The molecule has 0 bridgehead atoms. The van der Waals surface area contributed by atoms with Crippen LogP contribution in [0.2, 0.25) is 0 Å². The van der Waals surface area contributed by atoms with Crippen LogP contribution in [0.1, 0.15) is 0 Å².